The summed E-state index contributed by atoms with van der Waals surface area (Å²) in [4.78, 5) is 4.09. The molecule has 18 heavy (non-hydrogen) atoms. The molecular weight excluding hydrogens is 270 g/mol. The SMILES string of the molecule is C=CCSCCNC(=NC)NC1CCS(=O)(=O)C1. The molecule has 1 rings (SSSR count). The average Bonchev–Trinajstić information content (AvgIpc) is 2.67. The third-order valence-corrected chi connectivity index (χ3v) is 5.30. The molecule has 0 amide bonds. The van der Waals surface area contributed by atoms with Crippen LogP contribution in [-0.4, -0.2) is 57.0 Å². The number of guanidine groups is 1. The fourth-order valence-corrected chi connectivity index (χ4v) is 3.96. The molecule has 0 radical (unpaired) electrons. The highest BCUT2D eigenvalue weighted by Gasteiger charge is 2.28. The van der Waals surface area contributed by atoms with Crippen molar-refractivity contribution in [3.05, 3.63) is 12.7 Å². The van der Waals surface area contributed by atoms with Gasteiger partial charge in [0.15, 0.2) is 15.8 Å². The van der Waals surface area contributed by atoms with E-state index >= 15 is 0 Å². The molecule has 7 heteroatoms. The van der Waals surface area contributed by atoms with Crippen molar-refractivity contribution in [2.24, 2.45) is 4.99 Å². The minimum atomic E-state index is -2.84. The van der Waals surface area contributed by atoms with Crippen LogP contribution in [0.1, 0.15) is 6.42 Å². The van der Waals surface area contributed by atoms with Gasteiger partial charge in [-0.25, -0.2) is 8.42 Å². The van der Waals surface area contributed by atoms with Crippen LogP contribution in [0.25, 0.3) is 0 Å². The van der Waals surface area contributed by atoms with E-state index in [2.05, 4.69) is 22.2 Å². The van der Waals surface area contributed by atoms with Gasteiger partial charge in [0.1, 0.15) is 0 Å². The quantitative estimate of drug-likeness (QED) is 0.318. The van der Waals surface area contributed by atoms with Gasteiger partial charge in [-0.05, 0) is 6.42 Å². The fourth-order valence-electron chi connectivity index (χ4n) is 1.71. The van der Waals surface area contributed by atoms with Gasteiger partial charge in [-0.2, -0.15) is 11.8 Å². The van der Waals surface area contributed by atoms with E-state index in [1.165, 1.54) is 0 Å². The maximum absolute atomic E-state index is 11.3. The smallest absolute Gasteiger partial charge is 0.191 e. The largest absolute Gasteiger partial charge is 0.356 e. The molecule has 1 unspecified atom stereocenters. The summed E-state index contributed by atoms with van der Waals surface area (Å²) in [6, 6.07) is -0.0120. The molecule has 0 aromatic heterocycles. The highest BCUT2D eigenvalue weighted by atomic mass is 32.2. The molecular formula is C11H21N3O2S2. The summed E-state index contributed by atoms with van der Waals surface area (Å²) in [5.74, 6) is 3.07. The van der Waals surface area contributed by atoms with Gasteiger partial charge in [0, 0.05) is 31.1 Å². The van der Waals surface area contributed by atoms with Crippen LogP contribution in [-0.2, 0) is 9.84 Å². The summed E-state index contributed by atoms with van der Waals surface area (Å²) in [6.07, 6.45) is 2.54. The second kappa shape index (κ2) is 7.68. The van der Waals surface area contributed by atoms with Crippen molar-refractivity contribution >= 4 is 27.6 Å². The normalized spacial score (nSPS) is 22.7. The molecule has 0 spiro atoms. The molecule has 0 bridgehead atoms. The van der Waals surface area contributed by atoms with Crippen LogP contribution < -0.4 is 10.6 Å². The van der Waals surface area contributed by atoms with Crippen molar-refractivity contribution in [2.75, 3.05) is 36.6 Å². The van der Waals surface area contributed by atoms with E-state index in [4.69, 9.17) is 0 Å². The molecule has 0 aromatic rings. The number of sulfone groups is 1. The Balaban J connectivity index is 2.24. The molecule has 1 aliphatic rings. The highest BCUT2D eigenvalue weighted by Crippen LogP contribution is 2.10. The molecule has 104 valence electrons. The van der Waals surface area contributed by atoms with Gasteiger partial charge in [-0.1, -0.05) is 6.08 Å². The summed E-state index contributed by atoms with van der Waals surface area (Å²) in [5, 5.41) is 6.31. The van der Waals surface area contributed by atoms with E-state index in [1.54, 1.807) is 18.8 Å². The number of nitrogens with zero attached hydrogens (tertiary/aromatic N) is 1. The van der Waals surface area contributed by atoms with Crippen molar-refractivity contribution in [3.63, 3.8) is 0 Å². The highest BCUT2D eigenvalue weighted by molar-refractivity contribution is 7.99. The second-order valence-electron chi connectivity index (χ2n) is 4.11. The molecule has 0 aromatic carbocycles. The Bertz CT molecular complexity index is 393. The number of hydrogen-bond acceptors (Lipinski definition) is 4. The number of hydrogen-bond donors (Lipinski definition) is 2. The maximum atomic E-state index is 11.3. The lowest BCUT2D eigenvalue weighted by Gasteiger charge is -2.15. The third-order valence-electron chi connectivity index (χ3n) is 2.57. The minimum Gasteiger partial charge on any atom is -0.356 e. The number of thioether (sulfide) groups is 1. The number of rotatable bonds is 6. The van der Waals surface area contributed by atoms with Crippen LogP contribution in [0, 0.1) is 0 Å². The lowest BCUT2D eigenvalue weighted by atomic mass is 10.3. The zero-order valence-electron chi connectivity index (χ0n) is 10.7. The van der Waals surface area contributed by atoms with Crippen LogP contribution in [0.3, 0.4) is 0 Å². The Labute approximate surface area is 113 Å². The minimum absolute atomic E-state index is 0.0120. The second-order valence-corrected chi connectivity index (χ2v) is 7.49. The van der Waals surface area contributed by atoms with Crippen molar-refractivity contribution < 1.29 is 8.42 Å². The lowest BCUT2D eigenvalue weighted by Crippen LogP contribution is -2.44. The van der Waals surface area contributed by atoms with Gasteiger partial charge in [0.2, 0.25) is 0 Å². The molecule has 1 heterocycles. The fraction of sp³-hybridized carbons (Fsp3) is 0.727. The molecule has 1 fully saturated rings. The molecule has 1 aliphatic heterocycles. The Morgan fingerprint density at radius 3 is 2.94 bits per heavy atom. The van der Waals surface area contributed by atoms with Crippen LogP contribution in [0.2, 0.25) is 0 Å². The number of nitrogens with one attached hydrogen (secondary N) is 2. The Hall–Kier alpha value is -0.690. The monoisotopic (exact) mass is 291 g/mol. The van der Waals surface area contributed by atoms with Gasteiger partial charge in [-0.15, -0.1) is 6.58 Å². The third kappa shape index (κ3) is 5.77. The van der Waals surface area contributed by atoms with Gasteiger partial charge in [0.05, 0.1) is 11.5 Å². The van der Waals surface area contributed by atoms with E-state index < -0.39 is 9.84 Å². The molecule has 5 nitrogen and oxygen atoms in total. The van der Waals surface area contributed by atoms with Crippen LogP contribution >= 0.6 is 11.8 Å². The van der Waals surface area contributed by atoms with Crippen molar-refractivity contribution in [1.29, 1.82) is 0 Å². The molecule has 1 atom stereocenters. The van der Waals surface area contributed by atoms with Crippen LogP contribution in [0.4, 0.5) is 0 Å². The summed E-state index contributed by atoms with van der Waals surface area (Å²) in [7, 11) is -1.15. The van der Waals surface area contributed by atoms with E-state index in [-0.39, 0.29) is 17.5 Å². The lowest BCUT2D eigenvalue weighted by molar-refractivity contribution is 0.599. The zero-order valence-corrected chi connectivity index (χ0v) is 12.3. The van der Waals surface area contributed by atoms with Gasteiger partial charge in [-0.3, -0.25) is 4.99 Å². The summed E-state index contributed by atoms with van der Waals surface area (Å²) in [5.41, 5.74) is 0. The standard InChI is InChI=1S/C11H21N3O2S2/c1-3-6-17-7-5-13-11(12-2)14-10-4-8-18(15,16)9-10/h3,10H,1,4-9H2,2H3,(H2,12,13,14). The molecule has 2 N–H and O–H groups in total. The van der Waals surface area contributed by atoms with Gasteiger partial charge >= 0.3 is 0 Å². The van der Waals surface area contributed by atoms with Crippen molar-refractivity contribution in [1.82, 2.24) is 10.6 Å². The Morgan fingerprint density at radius 1 is 1.61 bits per heavy atom. The van der Waals surface area contributed by atoms with E-state index in [0.717, 1.165) is 18.1 Å². The first-order valence-electron chi connectivity index (χ1n) is 5.93. The van der Waals surface area contributed by atoms with Crippen molar-refractivity contribution in [3.8, 4) is 0 Å². The van der Waals surface area contributed by atoms with Crippen molar-refractivity contribution in [2.45, 2.75) is 12.5 Å². The first-order chi connectivity index (χ1) is 8.57. The van der Waals surface area contributed by atoms with E-state index in [0.29, 0.717) is 12.4 Å². The summed E-state index contributed by atoms with van der Waals surface area (Å²) >= 11 is 1.79. The Kier molecular flexibility index (Phi) is 6.56. The average molecular weight is 291 g/mol. The topological polar surface area (TPSA) is 70.6 Å². The molecule has 0 saturated carbocycles. The van der Waals surface area contributed by atoms with Gasteiger partial charge in [0.25, 0.3) is 0 Å². The van der Waals surface area contributed by atoms with E-state index in [9.17, 15) is 8.42 Å². The Morgan fingerprint density at radius 2 is 2.39 bits per heavy atom. The number of aliphatic imine (C=N–C) groups is 1. The first kappa shape index (κ1) is 15.4. The van der Waals surface area contributed by atoms with Crippen LogP contribution in [0.5, 0.6) is 0 Å². The van der Waals surface area contributed by atoms with E-state index in [1.807, 2.05) is 6.08 Å². The first-order valence-corrected chi connectivity index (χ1v) is 8.91. The molecule has 1 saturated heterocycles. The van der Waals surface area contributed by atoms with Gasteiger partial charge < -0.3 is 10.6 Å². The summed E-state index contributed by atoms with van der Waals surface area (Å²) < 4.78 is 22.7. The zero-order chi connectivity index (χ0) is 13.4. The van der Waals surface area contributed by atoms with Crippen LogP contribution in [0.15, 0.2) is 17.6 Å². The maximum Gasteiger partial charge on any atom is 0.191 e. The predicted molar refractivity (Wildman–Crippen MR) is 79.1 cm³/mol. The predicted octanol–water partition coefficient (Wildman–Crippen LogP) is 0.258. The molecule has 0 aliphatic carbocycles. The summed E-state index contributed by atoms with van der Waals surface area (Å²) in [6.45, 7) is 4.46.